The van der Waals surface area contributed by atoms with Crippen LogP contribution in [0.3, 0.4) is 0 Å². The number of hydrogen-bond donors (Lipinski definition) is 2. The van der Waals surface area contributed by atoms with Crippen LogP contribution in [0.25, 0.3) is 0 Å². The highest BCUT2D eigenvalue weighted by Crippen LogP contribution is 2.65. The van der Waals surface area contributed by atoms with Crippen molar-refractivity contribution < 1.29 is 33.4 Å². The van der Waals surface area contributed by atoms with Crippen LogP contribution in [0.5, 0.6) is 0 Å². The SMILES string of the molecule is COC(=O)C(=O)C(CC1CC1)NC(=O)[C@@H]1C2[C@H](CN1C(=O)[C@@H](NC(=O)OC(C)(C)C)C(C)C)C2(C)C. The van der Waals surface area contributed by atoms with Gasteiger partial charge in [-0.2, -0.15) is 0 Å². The largest absolute Gasteiger partial charge is 0.463 e. The van der Waals surface area contributed by atoms with Gasteiger partial charge >= 0.3 is 12.1 Å². The number of nitrogens with one attached hydrogen (secondary N) is 2. The number of alkyl carbamates (subject to hydrolysis) is 1. The predicted octanol–water partition coefficient (Wildman–Crippen LogP) is 2.05. The second kappa shape index (κ2) is 10.0. The molecule has 3 fully saturated rings. The lowest BCUT2D eigenvalue weighted by molar-refractivity contribution is -0.153. The number of rotatable bonds is 9. The first-order chi connectivity index (χ1) is 16.6. The third-order valence-corrected chi connectivity index (χ3v) is 7.65. The molecule has 2 aliphatic carbocycles. The summed E-state index contributed by atoms with van der Waals surface area (Å²) in [7, 11) is 1.13. The van der Waals surface area contributed by atoms with E-state index < -0.39 is 47.5 Å². The van der Waals surface area contributed by atoms with Gasteiger partial charge in [-0.25, -0.2) is 9.59 Å². The van der Waals surface area contributed by atoms with Crippen molar-refractivity contribution in [2.45, 2.75) is 91.5 Å². The van der Waals surface area contributed by atoms with E-state index in [1.165, 1.54) is 4.90 Å². The molecule has 36 heavy (non-hydrogen) atoms. The van der Waals surface area contributed by atoms with E-state index >= 15 is 0 Å². The first kappa shape index (κ1) is 27.9. The van der Waals surface area contributed by atoms with Crippen molar-refractivity contribution in [3.05, 3.63) is 0 Å². The van der Waals surface area contributed by atoms with Crippen LogP contribution in [0, 0.1) is 29.1 Å². The Labute approximate surface area is 213 Å². The summed E-state index contributed by atoms with van der Waals surface area (Å²) in [6.45, 7) is 13.4. The maximum atomic E-state index is 13.7. The minimum atomic E-state index is -0.994. The van der Waals surface area contributed by atoms with Crippen LogP contribution in [-0.2, 0) is 28.7 Å². The summed E-state index contributed by atoms with van der Waals surface area (Å²) < 4.78 is 9.94. The topological polar surface area (TPSA) is 131 Å². The average molecular weight is 508 g/mol. The first-order valence-electron chi connectivity index (χ1n) is 12.8. The fourth-order valence-corrected chi connectivity index (χ4v) is 5.36. The Kier molecular flexibility index (Phi) is 7.77. The molecule has 3 rings (SSSR count). The van der Waals surface area contributed by atoms with Crippen molar-refractivity contribution in [3.8, 4) is 0 Å². The molecule has 5 atom stereocenters. The average Bonchev–Trinajstić information content (AvgIpc) is 3.61. The monoisotopic (exact) mass is 507 g/mol. The Balaban J connectivity index is 1.80. The number of nitrogens with zero attached hydrogens (tertiary/aromatic N) is 1. The number of methoxy groups -OCH3 is 1. The van der Waals surface area contributed by atoms with Gasteiger partial charge in [-0.3, -0.25) is 14.4 Å². The Hall–Kier alpha value is -2.65. The van der Waals surface area contributed by atoms with Gasteiger partial charge in [-0.15, -0.1) is 0 Å². The van der Waals surface area contributed by atoms with Crippen molar-refractivity contribution in [1.29, 1.82) is 0 Å². The van der Waals surface area contributed by atoms with Crippen LogP contribution in [0.2, 0.25) is 0 Å². The second-order valence-electron chi connectivity index (χ2n) is 12.4. The number of fused-ring (bicyclic) bond motifs is 1. The van der Waals surface area contributed by atoms with Crippen LogP contribution in [0.4, 0.5) is 4.79 Å². The number of carbonyl (C=O) groups is 5. The molecule has 3 aliphatic rings. The number of hydrogen-bond acceptors (Lipinski definition) is 7. The molecule has 10 heteroatoms. The summed E-state index contributed by atoms with van der Waals surface area (Å²) in [5, 5.41) is 5.45. The normalized spacial score (nSPS) is 25.9. The van der Waals surface area contributed by atoms with E-state index in [9.17, 15) is 24.0 Å². The molecule has 2 saturated carbocycles. The van der Waals surface area contributed by atoms with E-state index in [2.05, 4.69) is 29.2 Å². The number of ether oxygens (including phenoxy) is 2. The van der Waals surface area contributed by atoms with Gasteiger partial charge in [0.15, 0.2) is 0 Å². The fraction of sp³-hybridized carbons (Fsp3) is 0.808. The molecule has 3 amide bonds. The zero-order valence-corrected chi connectivity index (χ0v) is 22.7. The smallest absolute Gasteiger partial charge is 0.408 e. The van der Waals surface area contributed by atoms with Crippen LogP contribution in [-0.4, -0.2) is 71.9 Å². The Morgan fingerprint density at radius 1 is 1.06 bits per heavy atom. The highest BCUT2D eigenvalue weighted by atomic mass is 16.6. The van der Waals surface area contributed by atoms with Gasteiger partial charge in [0.05, 0.1) is 13.2 Å². The number of piperidine rings is 1. The van der Waals surface area contributed by atoms with Gasteiger partial charge in [0.1, 0.15) is 17.7 Å². The standard InChI is InChI=1S/C26H41N3O7/c1-13(2)18(28-24(34)36-25(3,4)5)22(32)29-12-15-17(26(15,6)7)19(29)21(31)27-16(11-14-9-10-14)20(30)23(33)35-8/h13-19H,9-12H2,1-8H3,(H,27,31)(H,28,34)/t15-,16?,17?,18-,19-/m0/s1. The molecule has 0 aromatic rings. The molecule has 0 aromatic carbocycles. The van der Waals surface area contributed by atoms with Crippen LogP contribution >= 0.6 is 0 Å². The van der Waals surface area contributed by atoms with Crippen molar-refractivity contribution in [2.75, 3.05) is 13.7 Å². The Morgan fingerprint density at radius 2 is 1.67 bits per heavy atom. The maximum Gasteiger partial charge on any atom is 0.408 e. The molecule has 1 heterocycles. The maximum absolute atomic E-state index is 13.7. The minimum absolute atomic E-state index is 0.0782. The molecule has 1 aliphatic heterocycles. The van der Waals surface area contributed by atoms with Gasteiger partial charge in [-0.05, 0) is 56.3 Å². The van der Waals surface area contributed by atoms with E-state index in [1.807, 2.05) is 13.8 Å². The molecular formula is C26H41N3O7. The molecule has 2 unspecified atom stereocenters. The van der Waals surface area contributed by atoms with E-state index in [-0.39, 0.29) is 35.0 Å². The number of amides is 3. The second-order valence-corrected chi connectivity index (χ2v) is 12.4. The first-order valence-corrected chi connectivity index (χ1v) is 12.8. The summed E-state index contributed by atoms with van der Waals surface area (Å²) >= 11 is 0. The van der Waals surface area contributed by atoms with Crippen molar-refractivity contribution in [3.63, 3.8) is 0 Å². The van der Waals surface area contributed by atoms with E-state index in [4.69, 9.17) is 4.74 Å². The van der Waals surface area contributed by atoms with Gasteiger partial charge in [0.25, 0.3) is 5.78 Å². The van der Waals surface area contributed by atoms with Gasteiger partial charge in [0.2, 0.25) is 11.8 Å². The van der Waals surface area contributed by atoms with E-state index in [1.54, 1.807) is 20.8 Å². The van der Waals surface area contributed by atoms with Gasteiger partial charge < -0.3 is 25.0 Å². The summed E-state index contributed by atoms with van der Waals surface area (Å²) in [5.74, 6) is -2.52. The summed E-state index contributed by atoms with van der Waals surface area (Å²) in [4.78, 5) is 65.8. The van der Waals surface area contributed by atoms with Crippen molar-refractivity contribution >= 4 is 29.7 Å². The molecule has 1 saturated heterocycles. The fourth-order valence-electron chi connectivity index (χ4n) is 5.36. The third kappa shape index (κ3) is 6.00. The van der Waals surface area contributed by atoms with Gasteiger partial charge in [-0.1, -0.05) is 40.5 Å². The lowest BCUT2D eigenvalue weighted by Gasteiger charge is -2.35. The van der Waals surface area contributed by atoms with Crippen LogP contribution < -0.4 is 10.6 Å². The molecule has 10 nitrogen and oxygen atoms in total. The Bertz CT molecular complexity index is 919. The highest BCUT2D eigenvalue weighted by Gasteiger charge is 2.69. The van der Waals surface area contributed by atoms with Crippen molar-refractivity contribution in [2.24, 2.45) is 29.1 Å². The molecule has 0 radical (unpaired) electrons. The van der Waals surface area contributed by atoms with Crippen LogP contribution in [0.15, 0.2) is 0 Å². The molecule has 202 valence electrons. The lowest BCUT2D eigenvalue weighted by Crippen LogP contribution is -2.59. The van der Waals surface area contributed by atoms with E-state index in [0.29, 0.717) is 13.0 Å². The molecular weight excluding hydrogens is 466 g/mol. The minimum Gasteiger partial charge on any atom is -0.463 e. The quantitative estimate of drug-likeness (QED) is 0.361. The molecule has 2 N–H and O–H groups in total. The van der Waals surface area contributed by atoms with E-state index in [0.717, 1.165) is 20.0 Å². The van der Waals surface area contributed by atoms with Gasteiger partial charge in [0, 0.05) is 6.54 Å². The number of Topliss-reactive ketones (excluding diaryl/α,β-unsaturated/α-hetero) is 1. The summed E-state index contributed by atoms with van der Waals surface area (Å²) in [6, 6.07) is -2.67. The summed E-state index contributed by atoms with van der Waals surface area (Å²) in [6.07, 6.45) is 1.55. The molecule has 0 bridgehead atoms. The lowest BCUT2D eigenvalue weighted by atomic mass is 9.96. The zero-order chi connectivity index (χ0) is 27.2. The zero-order valence-electron chi connectivity index (χ0n) is 22.7. The molecule has 0 spiro atoms. The highest BCUT2D eigenvalue weighted by molar-refractivity contribution is 6.36. The number of carbonyl (C=O) groups excluding carboxylic acids is 5. The van der Waals surface area contributed by atoms with Crippen molar-refractivity contribution in [1.82, 2.24) is 15.5 Å². The summed E-state index contributed by atoms with van der Waals surface area (Å²) in [5.41, 5.74) is -0.859. The predicted molar refractivity (Wildman–Crippen MR) is 131 cm³/mol. The molecule has 0 aromatic heterocycles. The Morgan fingerprint density at radius 3 is 2.17 bits per heavy atom. The third-order valence-electron chi connectivity index (χ3n) is 7.65. The van der Waals surface area contributed by atoms with Crippen LogP contribution in [0.1, 0.15) is 67.7 Å². The number of esters is 1. The number of likely N-dealkylation sites (tertiary alicyclic amines) is 1. The number of ketones is 1.